The van der Waals surface area contributed by atoms with Crippen LogP contribution in [-0.2, 0) is 0 Å². The molecule has 0 fully saturated rings. The number of halogens is 1. The van der Waals surface area contributed by atoms with Gasteiger partial charge >= 0.3 is 0 Å². The maximum atomic E-state index is 5.64. The molecule has 0 radical (unpaired) electrons. The van der Waals surface area contributed by atoms with E-state index in [0.29, 0.717) is 6.61 Å². The lowest BCUT2D eigenvalue weighted by Crippen LogP contribution is -2.28. The molecule has 0 spiro atoms. The number of hydrogen-bond donors (Lipinski definition) is 2. The molecule has 18 heavy (non-hydrogen) atoms. The van der Waals surface area contributed by atoms with Crippen LogP contribution in [0.4, 0.5) is 0 Å². The standard InChI is InChI=1S/C12H14BrN3OS/c1-2-17-9-5-8(6-15-7-9)12(16-14)10-3-4-11(13)18-10/h3-7,12,16H,2,14H2,1H3. The van der Waals surface area contributed by atoms with Crippen molar-refractivity contribution in [1.29, 1.82) is 0 Å². The number of hydrazine groups is 1. The third kappa shape index (κ3) is 3.08. The van der Waals surface area contributed by atoms with E-state index in [1.807, 2.05) is 25.1 Å². The first kappa shape index (κ1) is 13.5. The Morgan fingerprint density at radius 3 is 2.94 bits per heavy atom. The Balaban J connectivity index is 2.29. The highest BCUT2D eigenvalue weighted by Crippen LogP contribution is 2.31. The maximum absolute atomic E-state index is 5.64. The van der Waals surface area contributed by atoms with Gasteiger partial charge in [-0.15, -0.1) is 11.3 Å². The van der Waals surface area contributed by atoms with Gasteiger partial charge in [0.2, 0.25) is 0 Å². The van der Waals surface area contributed by atoms with E-state index < -0.39 is 0 Å². The topological polar surface area (TPSA) is 60.2 Å². The zero-order chi connectivity index (χ0) is 13.0. The third-order valence-electron chi connectivity index (χ3n) is 2.42. The Hall–Kier alpha value is -0.950. The summed E-state index contributed by atoms with van der Waals surface area (Å²) in [7, 11) is 0. The molecule has 0 saturated heterocycles. The van der Waals surface area contributed by atoms with E-state index >= 15 is 0 Å². The van der Waals surface area contributed by atoms with Gasteiger partial charge in [-0.05, 0) is 46.6 Å². The number of nitrogens with one attached hydrogen (secondary N) is 1. The van der Waals surface area contributed by atoms with E-state index in [-0.39, 0.29) is 6.04 Å². The summed E-state index contributed by atoms with van der Waals surface area (Å²) in [6.07, 6.45) is 3.49. The number of aromatic nitrogens is 1. The lowest BCUT2D eigenvalue weighted by Gasteiger charge is -2.15. The molecule has 0 aliphatic heterocycles. The van der Waals surface area contributed by atoms with Gasteiger partial charge < -0.3 is 4.74 Å². The minimum atomic E-state index is -0.0748. The molecular weight excluding hydrogens is 314 g/mol. The molecule has 0 bridgehead atoms. The summed E-state index contributed by atoms with van der Waals surface area (Å²) >= 11 is 5.09. The van der Waals surface area contributed by atoms with Crippen LogP contribution in [0.25, 0.3) is 0 Å². The number of hydrogen-bond acceptors (Lipinski definition) is 5. The van der Waals surface area contributed by atoms with E-state index in [0.717, 1.165) is 20.0 Å². The van der Waals surface area contributed by atoms with Crippen molar-refractivity contribution < 1.29 is 4.74 Å². The SMILES string of the molecule is CCOc1cncc(C(NN)c2ccc(Br)s2)c1. The largest absolute Gasteiger partial charge is 0.492 e. The molecule has 1 atom stereocenters. The highest BCUT2D eigenvalue weighted by Gasteiger charge is 2.15. The lowest BCUT2D eigenvalue weighted by atomic mass is 10.1. The van der Waals surface area contributed by atoms with Crippen LogP contribution in [0.5, 0.6) is 5.75 Å². The van der Waals surface area contributed by atoms with Crippen molar-refractivity contribution in [3.8, 4) is 5.75 Å². The van der Waals surface area contributed by atoms with Crippen molar-refractivity contribution in [3.63, 3.8) is 0 Å². The first-order valence-corrected chi connectivity index (χ1v) is 7.14. The molecule has 4 nitrogen and oxygen atoms in total. The number of pyridine rings is 1. The number of rotatable bonds is 5. The van der Waals surface area contributed by atoms with E-state index in [9.17, 15) is 0 Å². The molecule has 0 saturated carbocycles. The molecule has 6 heteroatoms. The Morgan fingerprint density at radius 2 is 2.33 bits per heavy atom. The molecule has 0 aliphatic carbocycles. The van der Waals surface area contributed by atoms with Gasteiger partial charge in [0, 0.05) is 11.1 Å². The van der Waals surface area contributed by atoms with Gasteiger partial charge in [0.05, 0.1) is 22.6 Å². The summed E-state index contributed by atoms with van der Waals surface area (Å²) < 4.78 is 6.52. The molecule has 2 rings (SSSR count). The summed E-state index contributed by atoms with van der Waals surface area (Å²) in [5.41, 5.74) is 3.80. The van der Waals surface area contributed by atoms with E-state index in [1.165, 1.54) is 0 Å². The van der Waals surface area contributed by atoms with E-state index in [1.54, 1.807) is 23.7 Å². The molecule has 3 N–H and O–H groups in total. The Kier molecular flexibility index (Phi) is 4.71. The van der Waals surface area contributed by atoms with Crippen LogP contribution in [0.15, 0.2) is 34.4 Å². The first-order chi connectivity index (χ1) is 8.74. The molecule has 2 heterocycles. The van der Waals surface area contributed by atoms with Gasteiger partial charge in [-0.2, -0.15) is 0 Å². The zero-order valence-electron chi connectivity index (χ0n) is 9.89. The smallest absolute Gasteiger partial charge is 0.137 e. The Labute approximate surface area is 118 Å². The van der Waals surface area contributed by atoms with Crippen LogP contribution in [-0.4, -0.2) is 11.6 Å². The fourth-order valence-electron chi connectivity index (χ4n) is 1.67. The molecular formula is C12H14BrN3OS. The van der Waals surface area contributed by atoms with Crippen molar-refractivity contribution in [1.82, 2.24) is 10.4 Å². The fraction of sp³-hybridized carbons (Fsp3) is 0.250. The minimum absolute atomic E-state index is 0.0748. The van der Waals surface area contributed by atoms with Crippen molar-refractivity contribution in [2.24, 2.45) is 5.84 Å². The van der Waals surface area contributed by atoms with Gasteiger partial charge in [0.25, 0.3) is 0 Å². The predicted molar refractivity (Wildman–Crippen MR) is 76.6 cm³/mol. The Morgan fingerprint density at radius 1 is 1.50 bits per heavy atom. The van der Waals surface area contributed by atoms with E-state index in [2.05, 4.69) is 26.3 Å². The Bertz CT molecular complexity index is 518. The van der Waals surface area contributed by atoms with Gasteiger partial charge in [-0.3, -0.25) is 10.8 Å². The van der Waals surface area contributed by atoms with Crippen LogP contribution < -0.4 is 16.0 Å². The maximum Gasteiger partial charge on any atom is 0.137 e. The summed E-state index contributed by atoms with van der Waals surface area (Å²) in [5.74, 6) is 6.40. The van der Waals surface area contributed by atoms with Gasteiger partial charge in [0.1, 0.15) is 5.75 Å². The highest BCUT2D eigenvalue weighted by molar-refractivity contribution is 9.11. The first-order valence-electron chi connectivity index (χ1n) is 5.53. The van der Waals surface area contributed by atoms with Gasteiger partial charge in [-0.25, -0.2) is 5.43 Å². The molecule has 2 aromatic rings. The second-order valence-corrected chi connectivity index (χ2v) is 6.12. The summed E-state index contributed by atoms with van der Waals surface area (Å²) in [6, 6.07) is 5.92. The van der Waals surface area contributed by atoms with E-state index in [4.69, 9.17) is 10.6 Å². The monoisotopic (exact) mass is 327 g/mol. The second kappa shape index (κ2) is 6.29. The number of nitrogens with zero attached hydrogens (tertiary/aromatic N) is 1. The normalized spacial score (nSPS) is 12.4. The summed E-state index contributed by atoms with van der Waals surface area (Å²) in [4.78, 5) is 5.30. The van der Waals surface area contributed by atoms with Crippen LogP contribution in [0, 0.1) is 0 Å². The number of ether oxygens (including phenoxy) is 1. The second-order valence-electron chi connectivity index (χ2n) is 3.63. The lowest BCUT2D eigenvalue weighted by molar-refractivity contribution is 0.338. The van der Waals surface area contributed by atoms with Crippen molar-refractivity contribution >= 4 is 27.3 Å². The highest BCUT2D eigenvalue weighted by atomic mass is 79.9. The molecule has 0 aliphatic rings. The number of thiophene rings is 1. The number of nitrogens with two attached hydrogens (primary N) is 1. The molecule has 0 amide bonds. The van der Waals surface area contributed by atoms with Crippen molar-refractivity contribution in [2.75, 3.05) is 6.61 Å². The van der Waals surface area contributed by atoms with Gasteiger partial charge in [-0.1, -0.05) is 0 Å². The van der Waals surface area contributed by atoms with Crippen LogP contribution in [0.1, 0.15) is 23.4 Å². The third-order valence-corrected chi connectivity index (χ3v) is 4.11. The summed E-state index contributed by atoms with van der Waals surface area (Å²) in [5, 5.41) is 0. The molecule has 1 unspecified atom stereocenters. The minimum Gasteiger partial charge on any atom is -0.492 e. The van der Waals surface area contributed by atoms with Crippen LogP contribution in [0.2, 0.25) is 0 Å². The van der Waals surface area contributed by atoms with Crippen molar-refractivity contribution in [3.05, 3.63) is 44.8 Å². The summed E-state index contributed by atoms with van der Waals surface area (Å²) in [6.45, 7) is 2.57. The zero-order valence-corrected chi connectivity index (χ0v) is 12.3. The predicted octanol–water partition coefficient (Wildman–Crippen LogP) is 2.86. The quantitative estimate of drug-likeness (QED) is 0.654. The van der Waals surface area contributed by atoms with Crippen LogP contribution >= 0.6 is 27.3 Å². The molecule has 96 valence electrons. The average molecular weight is 328 g/mol. The van der Waals surface area contributed by atoms with Crippen molar-refractivity contribution in [2.45, 2.75) is 13.0 Å². The average Bonchev–Trinajstić information content (AvgIpc) is 2.78. The van der Waals surface area contributed by atoms with Gasteiger partial charge in [0.15, 0.2) is 0 Å². The van der Waals surface area contributed by atoms with Crippen LogP contribution in [0.3, 0.4) is 0 Å². The molecule has 2 aromatic heterocycles. The fourth-order valence-corrected chi connectivity index (χ4v) is 3.18. The molecule has 0 aromatic carbocycles.